The number of hydrogen-bond donors (Lipinski definition) is 1. The number of aromatic nitrogens is 2. The zero-order chi connectivity index (χ0) is 14.4. The minimum atomic E-state index is -0.0385. The van der Waals surface area contributed by atoms with E-state index in [4.69, 9.17) is 4.74 Å². The van der Waals surface area contributed by atoms with Crippen molar-refractivity contribution in [1.29, 1.82) is 0 Å². The average Bonchev–Trinajstić information content (AvgIpc) is 2.85. The summed E-state index contributed by atoms with van der Waals surface area (Å²) in [5, 5.41) is 6.94. The molecule has 0 spiro atoms. The van der Waals surface area contributed by atoms with Gasteiger partial charge >= 0.3 is 0 Å². The number of thioether (sulfide) groups is 1. The van der Waals surface area contributed by atoms with Gasteiger partial charge in [0.2, 0.25) is 5.91 Å². The largest absolute Gasteiger partial charge is 0.495 e. The summed E-state index contributed by atoms with van der Waals surface area (Å²) >= 11 is 1.55. The Morgan fingerprint density at radius 3 is 2.95 bits per heavy atom. The summed E-state index contributed by atoms with van der Waals surface area (Å²) in [6, 6.07) is 7.37. The van der Waals surface area contributed by atoms with Crippen LogP contribution in [-0.2, 0) is 17.6 Å². The third kappa shape index (κ3) is 4.03. The number of anilines is 1. The fourth-order valence-electron chi connectivity index (χ4n) is 1.74. The van der Waals surface area contributed by atoms with Gasteiger partial charge in [0.1, 0.15) is 5.75 Å². The zero-order valence-electron chi connectivity index (χ0n) is 11.5. The summed E-state index contributed by atoms with van der Waals surface area (Å²) in [5.41, 5.74) is 1.81. The Kier molecular flexibility index (Phi) is 5.06. The highest BCUT2D eigenvalue weighted by atomic mass is 32.2. The smallest absolute Gasteiger partial charge is 0.234 e. The molecule has 2 aromatic rings. The first kappa shape index (κ1) is 14.5. The van der Waals surface area contributed by atoms with Gasteiger partial charge in [-0.15, -0.1) is 11.8 Å². The third-order valence-electron chi connectivity index (χ3n) is 2.64. The SMILES string of the molecule is COc1ccccc1NC(=O)CSCc1cnn(C)c1. The molecule has 2 rings (SSSR count). The monoisotopic (exact) mass is 291 g/mol. The van der Waals surface area contributed by atoms with Crippen LogP contribution in [0.5, 0.6) is 5.75 Å². The highest BCUT2D eigenvalue weighted by Gasteiger charge is 2.07. The minimum absolute atomic E-state index is 0.0385. The lowest BCUT2D eigenvalue weighted by atomic mass is 10.3. The predicted octanol–water partition coefficient (Wildman–Crippen LogP) is 2.30. The topological polar surface area (TPSA) is 56.1 Å². The molecule has 1 N–H and O–H groups in total. The molecule has 0 saturated carbocycles. The third-order valence-corrected chi connectivity index (χ3v) is 3.65. The molecule has 0 aliphatic carbocycles. The molecule has 1 heterocycles. The van der Waals surface area contributed by atoms with Crippen molar-refractivity contribution >= 4 is 23.4 Å². The van der Waals surface area contributed by atoms with Crippen molar-refractivity contribution in [3.63, 3.8) is 0 Å². The molecule has 0 unspecified atom stereocenters. The van der Waals surface area contributed by atoms with Gasteiger partial charge in [-0.25, -0.2) is 0 Å². The highest BCUT2D eigenvalue weighted by Crippen LogP contribution is 2.23. The van der Waals surface area contributed by atoms with E-state index in [0.717, 1.165) is 11.3 Å². The first-order valence-corrected chi connectivity index (χ1v) is 7.32. The minimum Gasteiger partial charge on any atom is -0.495 e. The van der Waals surface area contributed by atoms with Crippen LogP contribution in [0.3, 0.4) is 0 Å². The van der Waals surface area contributed by atoms with E-state index >= 15 is 0 Å². The van der Waals surface area contributed by atoms with E-state index in [1.54, 1.807) is 23.6 Å². The number of amides is 1. The summed E-state index contributed by atoms with van der Waals surface area (Å²) < 4.78 is 6.94. The maximum atomic E-state index is 11.9. The second kappa shape index (κ2) is 7.00. The first-order valence-electron chi connectivity index (χ1n) is 6.17. The summed E-state index contributed by atoms with van der Waals surface area (Å²) in [5.74, 6) is 1.79. The van der Waals surface area contributed by atoms with Crippen molar-refractivity contribution in [1.82, 2.24) is 9.78 Å². The molecule has 0 aliphatic rings. The molecule has 5 nitrogen and oxygen atoms in total. The van der Waals surface area contributed by atoms with Crippen molar-refractivity contribution in [3.8, 4) is 5.75 Å². The van der Waals surface area contributed by atoms with E-state index in [9.17, 15) is 4.79 Å². The maximum absolute atomic E-state index is 11.9. The zero-order valence-corrected chi connectivity index (χ0v) is 12.3. The van der Waals surface area contributed by atoms with E-state index in [0.29, 0.717) is 17.2 Å². The Hall–Kier alpha value is -1.95. The summed E-state index contributed by atoms with van der Waals surface area (Å²) in [4.78, 5) is 11.9. The average molecular weight is 291 g/mol. The van der Waals surface area contributed by atoms with Crippen molar-refractivity contribution in [3.05, 3.63) is 42.2 Å². The molecule has 0 saturated heterocycles. The number of rotatable bonds is 6. The molecule has 0 aliphatic heterocycles. The number of nitrogens with one attached hydrogen (secondary N) is 1. The lowest BCUT2D eigenvalue weighted by Gasteiger charge is -2.09. The van der Waals surface area contributed by atoms with Crippen molar-refractivity contribution in [2.45, 2.75) is 5.75 Å². The van der Waals surface area contributed by atoms with Crippen LogP contribution in [0.25, 0.3) is 0 Å². The van der Waals surface area contributed by atoms with Crippen LogP contribution in [-0.4, -0.2) is 28.6 Å². The second-order valence-corrected chi connectivity index (χ2v) is 5.25. The van der Waals surface area contributed by atoms with Gasteiger partial charge in [0.15, 0.2) is 0 Å². The van der Waals surface area contributed by atoms with Gasteiger partial charge in [-0.3, -0.25) is 9.48 Å². The van der Waals surface area contributed by atoms with Crippen LogP contribution in [0.15, 0.2) is 36.7 Å². The second-order valence-electron chi connectivity index (χ2n) is 4.26. The van der Waals surface area contributed by atoms with Crippen molar-refractivity contribution in [2.24, 2.45) is 7.05 Å². The molecule has 0 radical (unpaired) electrons. The van der Waals surface area contributed by atoms with Crippen LogP contribution >= 0.6 is 11.8 Å². The fraction of sp³-hybridized carbons (Fsp3) is 0.286. The number of ether oxygens (including phenoxy) is 1. The number of carbonyl (C=O) groups is 1. The lowest BCUT2D eigenvalue weighted by molar-refractivity contribution is -0.113. The van der Waals surface area contributed by atoms with Crippen molar-refractivity contribution < 1.29 is 9.53 Å². The lowest BCUT2D eigenvalue weighted by Crippen LogP contribution is -2.14. The van der Waals surface area contributed by atoms with Gasteiger partial charge in [-0.1, -0.05) is 12.1 Å². The van der Waals surface area contributed by atoms with E-state index in [1.807, 2.05) is 43.7 Å². The van der Waals surface area contributed by atoms with Gasteiger partial charge in [0.25, 0.3) is 0 Å². The first-order chi connectivity index (χ1) is 9.69. The number of methoxy groups -OCH3 is 1. The van der Waals surface area contributed by atoms with Crippen LogP contribution in [0, 0.1) is 0 Å². The number of benzene rings is 1. The quantitative estimate of drug-likeness (QED) is 0.887. The van der Waals surface area contributed by atoms with E-state index in [-0.39, 0.29) is 5.91 Å². The van der Waals surface area contributed by atoms with E-state index < -0.39 is 0 Å². The van der Waals surface area contributed by atoms with Gasteiger partial charge in [0, 0.05) is 19.0 Å². The Balaban J connectivity index is 1.80. The molecule has 1 amide bonds. The molecule has 0 fully saturated rings. The Labute approximate surface area is 122 Å². The maximum Gasteiger partial charge on any atom is 0.234 e. The number of hydrogen-bond acceptors (Lipinski definition) is 4. The molecule has 1 aromatic carbocycles. The number of carbonyl (C=O) groups excluding carboxylic acids is 1. The van der Waals surface area contributed by atoms with E-state index in [2.05, 4.69) is 10.4 Å². The predicted molar refractivity (Wildman–Crippen MR) is 81.0 cm³/mol. The Morgan fingerprint density at radius 1 is 1.45 bits per heavy atom. The Morgan fingerprint density at radius 2 is 2.25 bits per heavy atom. The highest BCUT2D eigenvalue weighted by molar-refractivity contribution is 7.99. The molecule has 1 aromatic heterocycles. The molecule has 20 heavy (non-hydrogen) atoms. The molecular formula is C14H17N3O2S. The van der Waals surface area contributed by atoms with Gasteiger partial charge in [-0.05, 0) is 17.7 Å². The van der Waals surface area contributed by atoms with Crippen LogP contribution in [0.1, 0.15) is 5.56 Å². The molecule has 106 valence electrons. The van der Waals surface area contributed by atoms with E-state index in [1.165, 1.54) is 0 Å². The molecule has 0 atom stereocenters. The van der Waals surface area contributed by atoms with Crippen LogP contribution < -0.4 is 10.1 Å². The standard InChI is InChI=1S/C14H17N3O2S/c1-17-8-11(7-15-17)9-20-10-14(18)16-12-5-3-4-6-13(12)19-2/h3-8H,9-10H2,1-2H3,(H,16,18). The van der Waals surface area contributed by atoms with Gasteiger partial charge in [-0.2, -0.15) is 5.10 Å². The number of nitrogens with zero attached hydrogens (tertiary/aromatic N) is 2. The summed E-state index contributed by atoms with van der Waals surface area (Å²) in [6.07, 6.45) is 3.76. The number of aryl methyl sites for hydroxylation is 1. The Bertz CT molecular complexity index is 583. The van der Waals surface area contributed by atoms with Crippen LogP contribution in [0.2, 0.25) is 0 Å². The van der Waals surface area contributed by atoms with Crippen LogP contribution in [0.4, 0.5) is 5.69 Å². The molecule has 0 bridgehead atoms. The van der Waals surface area contributed by atoms with Gasteiger partial charge in [0.05, 0.1) is 24.7 Å². The van der Waals surface area contributed by atoms with Gasteiger partial charge < -0.3 is 10.1 Å². The van der Waals surface area contributed by atoms with Crippen molar-refractivity contribution in [2.75, 3.05) is 18.2 Å². The summed E-state index contributed by atoms with van der Waals surface area (Å²) in [6.45, 7) is 0. The molecular weight excluding hydrogens is 274 g/mol. The number of para-hydroxylation sites is 2. The summed E-state index contributed by atoms with van der Waals surface area (Å²) in [7, 11) is 3.46. The normalized spacial score (nSPS) is 10.3. The molecule has 6 heteroatoms. The fourth-order valence-corrected chi connectivity index (χ4v) is 2.49.